The molecule has 0 bridgehead atoms. The van der Waals surface area contributed by atoms with Gasteiger partial charge < -0.3 is 14.4 Å². The van der Waals surface area contributed by atoms with E-state index in [4.69, 9.17) is 21.1 Å². The molecule has 38 heavy (non-hydrogen) atoms. The van der Waals surface area contributed by atoms with Crippen LogP contribution in [-0.4, -0.2) is 77.0 Å². The third-order valence-corrected chi connectivity index (χ3v) is 8.09. The summed E-state index contributed by atoms with van der Waals surface area (Å²) in [4.78, 5) is 55.5. The maximum atomic E-state index is 12.9. The maximum Gasteiger partial charge on any atom is 0.293 e. The van der Waals surface area contributed by atoms with Gasteiger partial charge in [0.25, 0.3) is 22.3 Å². The fraction of sp³-hybridized carbons (Fsp3) is 0.231. The van der Waals surface area contributed by atoms with E-state index in [9.17, 15) is 19.2 Å². The third-order valence-electron chi connectivity index (χ3n) is 6.02. The topological polar surface area (TPSA) is 96.5 Å². The summed E-state index contributed by atoms with van der Waals surface area (Å²) in [6.45, 7) is 1.34. The Morgan fingerprint density at radius 3 is 1.95 bits per heavy atom. The van der Waals surface area contributed by atoms with Gasteiger partial charge in [0.15, 0.2) is 11.5 Å². The quantitative estimate of drug-likeness (QED) is 0.415. The highest BCUT2D eigenvalue weighted by Gasteiger charge is 2.36. The number of halogens is 1. The predicted molar refractivity (Wildman–Crippen MR) is 147 cm³/mol. The Morgan fingerprint density at radius 1 is 0.816 bits per heavy atom. The van der Waals surface area contributed by atoms with Gasteiger partial charge in [0, 0.05) is 31.2 Å². The van der Waals surface area contributed by atoms with Crippen LogP contribution < -0.4 is 9.47 Å². The van der Waals surface area contributed by atoms with Crippen molar-refractivity contribution in [2.75, 3.05) is 40.0 Å². The number of thioether (sulfide) groups is 2. The molecule has 3 aliphatic rings. The van der Waals surface area contributed by atoms with E-state index < -0.39 is 0 Å². The van der Waals surface area contributed by atoms with E-state index in [0.717, 1.165) is 34.7 Å². The number of imide groups is 2. The Hall–Kier alpha value is -3.25. The maximum absolute atomic E-state index is 12.9. The van der Waals surface area contributed by atoms with Crippen LogP contribution >= 0.6 is 35.1 Å². The highest BCUT2D eigenvalue weighted by Crippen LogP contribution is 2.36. The van der Waals surface area contributed by atoms with E-state index in [-0.39, 0.29) is 42.2 Å². The molecule has 9 nitrogen and oxygen atoms in total. The fourth-order valence-corrected chi connectivity index (χ4v) is 5.76. The molecule has 2 aromatic carbocycles. The lowest BCUT2D eigenvalue weighted by atomic mass is 10.2. The average Bonchev–Trinajstić information content (AvgIpc) is 3.54. The molecule has 4 amide bonds. The van der Waals surface area contributed by atoms with E-state index in [1.54, 1.807) is 54.6 Å². The zero-order valence-corrected chi connectivity index (χ0v) is 22.6. The Labute approximate surface area is 232 Å². The number of carbonyl (C=O) groups excluding carboxylic acids is 4. The zero-order chi connectivity index (χ0) is 26.8. The van der Waals surface area contributed by atoms with Crippen molar-refractivity contribution >= 4 is 69.6 Å². The van der Waals surface area contributed by atoms with Crippen molar-refractivity contribution in [3.05, 3.63) is 68.4 Å². The van der Waals surface area contributed by atoms with Crippen LogP contribution in [0, 0.1) is 0 Å². The minimum Gasteiger partial charge on any atom is -0.454 e. The SMILES string of the molecule is CN(CCN1C(=O)SC(=Cc2ccc(Cl)cc2)C1=O)CCN1C(=O)SC(=Cc2ccc3c(c2)OCO3)C1=O. The largest absolute Gasteiger partial charge is 0.454 e. The molecule has 0 aromatic heterocycles. The highest BCUT2D eigenvalue weighted by molar-refractivity contribution is 8.18. The van der Waals surface area contributed by atoms with Crippen LogP contribution in [0.15, 0.2) is 52.3 Å². The van der Waals surface area contributed by atoms with Crippen molar-refractivity contribution in [1.29, 1.82) is 0 Å². The fourth-order valence-electron chi connectivity index (χ4n) is 3.90. The third kappa shape index (κ3) is 5.75. The van der Waals surface area contributed by atoms with E-state index >= 15 is 0 Å². The first-order valence-corrected chi connectivity index (χ1v) is 13.6. The minimum absolute atomic E-state index is 0.156. The van der Waals surface area contributed by atoms with E-state index in [1.165, 1.54) is 9.80 Å². The second-order valence-electron chi connectivity index (χ2n) is 8.63. The number of benzene rings is 2. The molecule has 196 valence electrons. The van der Waals surface area contributed by atoms with Gasteiger partial charge >= 0.3 is 0 Å². The standard InChI is InChI=1S/C26H22ClN3O6S2/c1-28(8-10-29-23(31)21(37-25(29)33)13-16-2-5-18(27)6-3-16)9-11-30-24(32)22(38-26(30)34)14-17-4-7-19-20(12-17)36-15-35-19/h2-7,12-14H,8-11,15H2,1H3. The highest BCUT2D eigenvalue weighted by atomic mass is 35.5. The molecule has 0 atom stereocenters. The summed E-state index contributed by atoms with van der Waals surface area (Å²) in [5, 5.41) is -0.0805. The van der Waals surface area contributed by atoms with Gasteiger partial charge in [-0.2, -0.15) is 0 Å². The number of likely N-dealkylation sites (N-methyl/N-ethyl adjacent to an activating group) is 1. The average molecular weight is 572 g/mol. The van der Waals surface area contributed by atoms with E-state index in [0.29, 0.717) is 39.4 Å². The number of hydrogen-bond acceptors (Lipinski definition) is 9. The van der Waals surface area contributed by atoms with Crippen molar-refractivity contribution in [2.24, 2.45) is 0 Å². The van der Waals surface area contributed by atoms with Crippen molar-refractivity contribution < 1.29 is 28.7 Å². The van der Waals surface area contributed by atoms with Gasteiger partial charge in [-0.05, 0) is 78.1 Å². The van der Waals surface area contributed by atoms with Crippen LogP contribution in [0.3, 0.4) is 0 Å². The Morgan fingerprint density at radius 2 is 1.34 bits per heavy atom. The van der Waals surface area contributed by atoms with Crippen LogP contribution in [0.4, 0.5) is 9.59 Å². The number of ether oxygens (including phenoxy) is 2. The summed E-state index contributed by atoms with van der Waals surface area (Å²) in [6.07, 6.45) is 3.33. The molecular weight excluding hydrogens is 550 g/mol. The second-order valence-corrected chi connectivity index (χ2v) is 11.1. The Bertz CT molecular complexity index is 1380. The normalized spacial score (nSPS) is 19.2. The summed E-state index contributed by atoms with van der Waals surface area (Å²) >= 11 is 7.69. The number of hydrogen-bond donors (Lipinski definition) is 0. The number of rotatable bonds is 8. The minimum atomic E-state index is -0.357. The van der Waals surface area contributed by atoms with Crippen molar-refractivity contribution in [1.82, 2.24) is 14.7 Å². The zero-order valence-electron chi connectivity index (χ0n) is 20.2. The van der Waals surface area contributed by atoms with Crippen LogP contribution in [0.5, 0.6) is 11.5 Å². The summed E-state index contributed by atoms with van der Waals surface area (Å²) in [7, 11) is 1.81. The molecule has 3 aliphatic heterocycles. The first-order chi connectivity index (χ1) is 18.3. The summed E-state index contributed by atoms with van der Waals surface area (Å²) < 4.78 is 10.7. The van der Waals surface area contributed by atoms with Gasteiger partial charge in [0.05, 0.1) is 9.81 Å². The molecule has 2 fully saturated rings. The van der Waals surface area contributed by atoms with Gasteiger partial charge in [-0.25, -0.2) is 0 Å². The summed E-state index contributed by atoms with van der Waals surface area (Å²) in [5.74, 6) is 0.538. The summed E-state index contributed by atoms with van der Waals surface area (Å²) in [5.41, 5.74) is 1.51. The Balaban J connectivity index is 1.13. The predicted octanol–water partition coefficient (Wildman–Crippen LogP) is 4.77. The Kier molecular flexibility index (Phi) is 7.80. The number of fused-ring (bicyclic) bond motifs is 1. The van der Waals surface area contributed by atoms with Gasteiger partial charge in [-0.1, -0.05) is 29.8 Å². The van der Waals surface area contributed by atoms with Crippen molar-refractivity contribution in [3.63, 3.8) is 0 Å². The smallest absolute Gasteiger partial charge is 0.293 e. The second kappa shape index (κ2) is 11.2. The van der Waals surface area contributed by atoms with Crippen LogP contribution in [0.2, 0.25) is 5.02 Å². The molecule has 2 saturated heterocycles. The van der Waals surface area contributed by atoms with Gasteiger partial charge in [0.1, 0.15) is 0 Å². The summed E-state index contributed by atoms with van der Waals surface area (Å²) in [6, 6.07) is 12.3. The van der Waals surface area contributed by atoms with Gasteiger partial charge in [0.2, 0.25) is 6.79 Å². The number of nitrogens with zero attached hydrogens (tertiary/aromatic N) is 3. The first kappa shape index (κ1) is 26.4. The first-order valence-electron chi connectivity index (χ1n) is 11.6. The molecule has 0 unspecified atom stereocenters. The lowest BCUT2D eigenvalue weighted by Crippen LogP contribution is -2.40. The molecule has 0 N–H and O–H groups in total. The molecule has 2 aromatic rings. The lowest BCUT2D eigenvalue weighted by Gasteiger charge is -2.22. The molecule has 0 saturated carbocycles. The van der Waals surface area contributed by atoms with E-state index in [1.807, 2.05) is 11.9 Å². The monoisotopic (exact) mass is 571 g/mol. The molecule has 3 heterocycles. The molecule has 0 radical (unpaired) electrons. The molecule has 12 heteroatoms. The molecular formula is C26H22ClN3O6S2. The van der Waals surface area contributed by atoms with Crippen LogP contribution in [0.25, 0.3) is 12.2 Å². The molecule has 5 rings (SSSR count). The number of amides is 4. The van der Waals surface area contributed by atoms with Crippen molar-refractivity contribution in [2.45, 2.75) is 0 Å². The lowest BCUT2D eigenvalue weighted by molar-refractivity contribution is -0.123. The van der Waals surface area contributed by atoms with Gasteiger partial charge in [-0.3, -0.25) is 29.0 Å². The van der Waals surface area contributed by atoms with E-state index in [2.05, 4.69) is 0 Å². The van der Waals surface area contributed by atoms with Crippen LogP contribution in [-0.2, 0) is 9.59 Å². The number of carbonyl (C=O) groups is 4. The van der Waals surface area contributed by atoms with Crippen LogP contribution in [0.1, 0.15) is 11.1 Å². The van der Waals surface area contributed by atoms with Gasteiger partial charge in [-0.15, -0.1) is 0 Å². The van der Waals surface area contributed by atoms with Crippen molar-refractivity contribution in [3.8, 4) is 11.5 Å². The molecule has 0 spiro atoms. The molecule has 0 aliphatic carbocycles.